The van der Waals surface area contributed by atoms with Crippen LogP contribution in [-0.4, -0.2) is 5.78 Å². The van der Waals surface area contributed by atoms with Crippen LogP contribution in [0.5, 0.6) is 0 Å². The number of hydrogen-bond acceptors (Lipinski definition) is 1. The van der Waals surface area contributed by atoms with Gasteiger partial charge in [-0.15, -0.1) is 0 Å². The highest BCUT2D eigenvalue weighted by Crippen LogP contribution is 2.25. The Morgan fingerprint density at radius 2 is 2.33 bits per heavy atom. The highest BCUT2D eigenvalue weighted by Gasteiger charge is 2.22. The van der Waals surface area contributed by atoms with Gasteiger partial charge in [-0.05, 0) is 32.1 Å². The summed E-state index contributed by atoms with van der Waals surface area (Å²) < 4.78 is 0. The summed E-state index contributed by atoms with van der Waals surface area (Å²) in [5, 5.41) is 0. The summed E-state index contributed by atoms with van der Waals surface area (Å²) >= 11 is 0. The number of Topliss-reactive ketones (excluding diaryl/α,β-unsaturated/α-hetero) is 1. The molecule has 0 spiro atoms. The zero-order valence-corrected chi connectivity index (χ0v) is 7.88. The van der Waals surface area contributed by atoms with Crippen LogP contribution in [0.1, 0.15) is 45.4 Å². The number of allylic oxidation sites excluding steroid dienone is 2. The maximum absolute atomic E-state index is 11.2. The summed E-state index contributed by atoms with van der Waals surface area (Å²) in [5.41, 5.74) is 0. The van der Waals surface area contributed by atoms with Gasteiger partial charge in [0, 0.05) is 12.3 Å². The number of hydrogen-bond donors (Lipinski definition) is 0. The summed E-state index contributed by atoms with van der Waals surface area (Å²) in [7, 11) is 0. The van der Waals surface area contributed by atoms with Crippen molar-refractivity contribution in [3.63, 3.8) is 0 Å². The van der Waals surface area contributed by atoms with Gasteiger partial charge in [-0.2, -0.15) is 0 Å². The van der Waals surface area contributed by atoms with Gasteiger partial charge in [0.1, 0.15) is 5.78 Å². The molecule has 1 heteroatoms. The van der Waals surface area contributed by atoms with Crippen LogP contribution in [0.2, 0.25) is 0 Å². The first-order chi connectivity index (χ1) is 5.84. The fraction of sp³-hybridized carbons (Fsp3) is 0.727. The average Bonchev–Trinajstić information content (AvgIpc) is 2.46. The molecule has 0 saturated heterocycles. The molecule has 0 aliphatic heterocycles. The zero-order valence-electron chi connectivity index (χ0n) is 7.88. The molecule has 0 radical (unpaired) electrons. The van der Waals surface area contributed by atoms with Crippen LogP contribution in [0.15, 0.2) is 12.2 Å². The molecule has 1 aliphatic rings. The Morgan fingerprint density at radius 3 is 2.92 bits per heavy atom. The second-order valence-electron chi connectivity index (χ2n) is 3.51. The molecule has 1 aliphatic carbocycles. The van der Waals surface area contributed by atoms with Crippen molar-refractivity contribution in [1.29, 1.82) is 0 Å². The number of ketones is 1. The van der Waals surface area contributed by atoms with Crippen LogP contribution in [-0.2, 0) is 4.79 Å². The minimum atomic E-state index is 0.395. The lowest BCUT2D eigenvalue weighted by Gasteiger charge is -2.03. The van der Waals surface area contributed by atoms with Gasteiger partial charge < -0.3 is 0 Å². The van der Waals surface area contributed by atoms with E-state index in [1.54, 1.807) is 0 Å². The van der Waals surface area contributed by atoms with Crippen molar-refractivity contribution in [3.8, 4) is 0 Å². The van der Waals surface area contributed by atoms with Crippen LogP contribution < -0.4 is 0 Å². The van der Waals surface area contributed by atoms with Crippen LogP contribution in [0.3, 0.4) is 0 Å². The Morgan fingerprint density at radius 1 is 1.50 bits per heavy atom. The highest BCUT2D eigenvalue weighted by atomic mass is 16.1. The van der Waals surface area contributed by atoms with Crippen LogP contribution in [0.4, 0.5) is 0 Å². The van der Waals surface area contributed by atoms with Crippen molar-refractivity contribution in [3.05, 3.63) is 12.2 Å². The van der Waals surface area contributed by atoms with E-state index in [9.17, 15) is 4.79 Å². The number of rotatable bonds is 4. The van der Waals surface area contributed by atoms with Crippen LogP contribution in [0, 0.1) is 5.92 Å². The van der Waals surface area contributed by atoms with Crippen LogP contribution in [0.25, 0.3) is 0 Å². The second-order valence-corrected chi connectivity index (χ2v) is 3.51. The second kappa shape index (κ2) is 5.13. The van der Waals surface area contributed by atoms with E-state index in [0.29, 0.717) is 11.7 Å². The first kappa shape index (κ1) is 9.50. The maximum atomic E-state index is 11.2. The zero-order chi connectivity index (χ0) is 8.81. The quantitative estimate of drug-likeness (QED) is 0.586. The molecule has 68 valence electrons. The molecule has 1 atom stereocenters. The van der Waals surface area contributed by atoms with E-state index >= 15 is 0 Å². The average molecular weight is 166 g/mol. The van der Waals surface area contributed by atoms with Crippen molar-refractivity contribution < 1.29 is 4.79 Å². The van der Waals surface area contributed by atoms with E-state index < -0.39 is 0 Å². The van der Waals surface area contributed by atoms with Gasteiger partial charge in [-0.25, -0.2) is 0 Å². The summed E-state index contributed by atoms with van der Waals surface area (Å²) in [5.74, 6) is 0.895. The lowest BCUT2D eigenvalue weighted by atomic mass is 10.0. The summed E-state index contributed by atoms with van der Waals surface area (Å²) in [4.78, 5) is 11.2. The minimum Gasteiger partial charge on any atom is -0.299 e. The molecule has 12 heavy (non-hydrogen) atoms. The Hall–Kier alpha value is -0.590. The van der Waals surface area contributed by atoms with Crippen molar-refractivity contribution in [2.24, 2.45) is 5.92 Å². The van der Waals surface area contributed by atoms with Crippen molar-refractivity contribution in [2.75, 3.05) is 0 Å². The van der Waals surface area contributed by atoms with Crippen LogP contribution >= 0.6 is 0 Å². The Bertz CT molecular complexity index is 170. The largest absolute Gasteiger partial charge is 0.299 e. The van der Waals surface area contributed by atoms with Gasteiger partial charge in [0.15, 0.2) is 0 Å². The lowest BCUT2D eigenvalue weighted by molar-refractivity contribution is -0.120. The predicted octanol–water partition coefficient (Wildman–Crippen LogP) is 3.10. The Labute approximate surface area is 74.9 Å². The van der Waals surface area contributed by atoms with E-state index in [0.717, 1.165) is 38.5 Å². The molecule has 0 bridgehead atoms. The van der Waals surface area contributed by atoms with Gasteiger partial charge in [0.2, 0.25) is 0 Å². The molecule has 1 unspecified atom stereocenters. The van der Waals surface area contributed by atoms with Gasteiger partial charge in [0.05, 0.1) is 0 Å². The van der Waals surface area contributed by atoms with E-state index in [1.165, 1.54) is 0 Å². The monoisotopic (exact) mass is 166 g/mol. The summed E-state index contributed by atoms with van der Waals surface area (Å²) in [6.45, 7) is 2.14. The van der Waals surface area contributed by atoms with Gasteiger partial charge in [-0.1, -0.05) is 19.1 Å². The first-order valence-electron chi connectivity index (χ1n) is 5.02. The fourth-order valence-electron chi connectivity index (χ4n) is 1.78. The summed E-state index contributed by atoms with van der Waals surface area (Å²) in [6, 6.07) is 0. The van der Waals surface area contributed by atoms with Crippen molar-refractivity contribution >= 4 is 5.78 Å². The Balaban J connectivity index is 2.14. The van der Waals surface area contributed by atoms with E-state index in [4.69, 9.17) is 0 Å². The van der Waals surface area contributed by atoms with Gasteiger partial charge in [0.25, 0.3) is 0 Å². The smallest absolute Gasteiger partial charge is 0.135 e. The third kappa shape index (κ3) is 2.80. The molecule has 1 rings (SSSR count). The molecule has 0 aromatic rings. The molecule has 1 saturated carbocycles. The standard InChI is InChI=1S/C11H18O/c1-2-3-4-5-7-10-8-6-9-11(10)12/h3-4,10H,2,5-9H2,1H3/b4-3-. The first-order valence-corrected chi connectivity index (χ1v) is 5.02. The lowest BCUT2D eigenvalue weighted by Crippen LogP contribution is -2.04. The van der Waals surface area contributed by atoms with E-state index in [2.05, 4.69) is 19.1 Å². The fourth-order valence-corrected chi connectivity index (χ4v) is 1.78. The highest BCUT2D eigenvalue weighted by molar-refractivity contribution is 5.82. The number of carbonyl (C=O) groups is 1. The Kier molecular flexibility index (Phi) is 4.06. The molecular weight excluding hydrogens is 148 g/mol. The normalized spacial score (nSPS) is 24.1. The predicted molar refractivity (Wildman–Crippen MR) is 51.0 cm³/mol. The van der Waals surface area contributed by atoms with Gasteiger partial charge >= 0.3 is 0 Å². The molecule has 1 nitrogen and oxygen atoms in total. The minimum absolute atomic E-state index is 0.395. The molecule has 0 N–H and O–H groups in total. The SMILES string of the molecule is CC/C=C\CCC1CCCC1=O. The molecule has 0 amide bonds. The maximum Gasteiger partial charge on any atom is 0.135 e. The topological polar surface area (TPSA) is 17.1 Å². The van der Waals surface area contributed by atoms with E-state index in [-0.39, 0.29) is 0 Å². The number of carbonyl (C=O) groups excluding carboxylic acids is 1. The molecule has 1 fully saturated rings. The molecule has 0 aromatic carbocycles. The molecule has 0 aromatic heterocycles. The van der Waals surface area contributed by atoms with Gasteiger partial charge in [-0.3, -0.25) is 4.79 Å². The van der Waals surface area contributed by atoms with E-state index in [1.807, 2.05) is 0 Å². The molecular formula is C11H18O. The van der Waals surface area contributed by atoms with Crippen molar-refractivity contribution in [1.82, 2.24) is 0 Å². The molecule has 0 heterocycles. The third-order valence-corrected chi connectivity index (χ3v) is 2.52. The van der Waals surface area contributed by atoms with Crippen molar-refractivity contribution in [2.45, 2.75) is 45.4 Å². The summed E-state index contributed by atoms with van der Waals surface area (Å²) in [6.07, 6.45) is 10.8. The third-order valence-electron chi connectivity index (χ3n) is 2.52.